The maximum Gasteiger partial charge on any atom is 0.147 e. The Hall–Kier alpha value is -1.16. The van der Waals surface area contributed by atoms with Crippen molar-refractivity contribution in [1.82, 2.24) is 9.97 Å². The van der Waals surface area contributed by atoms with E-state index in [4.69, 9.17) is 0 Å². The fourth-order valence-corrected chi connectivity index (χ4v) is 3.46. The highest BCUT2D eigenvalue weighted by Gasteiger charge is 2.43. The summed E-state index contributed by atoms with van der Waals surface area (Å²) in [6.07, 6.45) is 7.28. The molecule has 2 atom stereocenters. The van der Waals surface area contributed by atoms with Crippen molar-refractivity contribution in [1.29, 1.82) is 0 Å². The number of piperidine rings is 1. The number of aromatic nitrogens is 2. The Bertz CT molecular complexity index is 476. The number of rotatable bonds is 1. The minimum Gasteiger partial charge on any atom is -0.389 e. The van der Waals surface area contributed by atoms with Gasteiger partial charge in [-0.15, -0.1) is 0 Å². The van der Waals surface area contributed by atoms with Gasteiger partial charge in [0.2, 0.25) is 0 Å². The normalized spacial score (nSPS) is 31.1. The number of hydrogen-bond acceptors (Lipinski definition) is 4. The van der Waals surface area contributed by atoms with Crippen molar-refractivity contribution in [2.24, 2.45) is 5.92 Å². The zero-order valence-electron chi connectivity index (χ0n) is 11.9. The van der Waals surface area contributed by atoms with Crippen LogP contribution in [0.1, 0.15) is 43.5 Å². The third-order valence-corrected chi connectivity index (χ3v) is 4.93. The summed E-state index contributed by atoms with van der Waals surface area (Å²) in [5.74, 6) is 1.37. The van der Waals surface area contributed by atoms with E-state index in [9.17, 15) is 5.11 Å². The fraction of sp³-hybridized carbons (Fsp3) is 0.733. The van der Waals surface area contributed by atoms with E-state index in [0.717, 1.165) is 49.6 Å². The van der Waals surface area contributed by atoms with Gasteiger partial charge in [-0.3, -0.25) is 4.98 Å². The van der Waals surface area contributed by atoms with Gasteiger partial charge >= 0.3 is 0 Å². The Morgan fingerprint density at radius 1 is 1.26 bits per heavy atom. The molecule has 104 valence electrons. The van der Waals surface area contributed by atoms with E-state index >= 15 is 0 Å². The highest BCUT2D eigenvalue weighted by Crippen LogP contribution is 2.40. The van der Waals surface area contributed by atoms with Crippen LogP contribution in [0.4, 0.5) is 5.82 Å². The molecule has 0 spiro atoms. The van der Waals surface area contributed by atoms with Gasteiger partial charge in [-0.1, -0.05) is 12.8 Å². The second-order valence-electron chi connectivity index (χ2n) is 6.14. The van der Waals surface area contributed by atoms with Crippen LogP contribution in [-0.4, -0.2) is 33.8 Å². The second-order valence-corrected chi connectivity index (χ2v) is 6.14. The molecule has 1 saturated heterocycles. The number of aryl methyl sites for hydroxylation is 2. The summed E-state index contributed by atoms with van der Waals surface area (Å²) >= 11 is 0. The summed E-state index contributed by atoms with van der Waals surface area (Å²) in [6.45, 7) is 5.81. The summed E-state index contributed by atoms with van der Waals surface area (Å²) in [4.78, 5) is 11.3. The molecular formula is C15H23N3O. The lowest BCUT2D eigenvalue weighted by atomic mass is 9.71. The molecule has 0 radical (unpaired) electrons. The maximum absolute atomic E-state index is 10.7. The molecule has 1 saturated carbocycles. The molecule has 2 unspecified atom stereocenters. The third kappa shape index (κ3) is 2.34. The first kappa shape index (κ1) is 12.9. The van der Waals surface area contributed by atoms with Crippen LogP contribution < -0.4 is 4.90 Å². The average Bonchev–Trinajstić information content (AvgIpc) is 2.41. The van der Waals surface area contributed by atoms with Crippen LogP contribution in [0.15, 0.2) is 6.20 Å². The van der Waals surface area contributed by atoms with E-state index in [2.05, 4.69) is 14.9 Å². The summed E-state index contributed by atoms with van der Waals surface area (Å²) in [5, 5.41) is 10.7. The number of anilines is 1. The predicted octanol–water partition coefficient (Wildman–Crippen LogP) is 2.22. The summed E-state index contributed by atoms with van der Waals surface area (Å²) in [5.41, 5.74) is 1.58. The molecule has 2 aliphatic rings. The van der Waals surface area contributed by atoms with Crippen molar-refractivity contribution in [2.45, 2.75) is 51.6 Å². The standard InChI is InChI=1S/C15H23N3O/c1-11-12(2)17-14(9-16-11)18-8-7-15(19)6-4-3-5-13(15)10-18/h9,13,19H,3-8,10H2,1-2H3. The Morgan fingerprint density at radius 3 is 2.89 bits per heavy atom. The Morgan fingerprint density at radius 2 is 2.11 bits per heavy atom. The molecule has 4 nitrogen and oxygen atoms in total. The SMILES string of the molecule is Cc1ncc(N2CCC3(O)CCCCC3C2)nc1C. The minimum absolute atomic E-state index is 0.401. The number of fused-ring (bicyclic) bond motifs is 1. The number of nitrogens with zero attached hydrogens (tertiary/aromatic N) is 3. The van der Waals surface area contributed by atoms with E-state index in [1.807, 2.05) is 20.0 Å². The van der Waals surface area contributed by atoms with Gasteiger partial charge in [0.1, 0.15) is 5.82 Å². The monoisotopic (exact) mass is 261 g/mol. The number of aliphatic hydroxyl groups is 1. The molecule has 19 heavy (non-hydrogen) atoms. The lowest BCUT2D eigenvalue weighted by Gasteiger charge is -2.47. The first-order valence-electron chi connectivity index (χ1n) is 7.36. The smallest absolute Gasteiger partial charge is 0.147 e. The van der Waals surface area contributed by atoms with Crippen LogP contribution in [-0.2, 0) is 0 Å². The van der Waals surface area contributed by atoms with Gasteiger partial charge in [-0.05, 0) is 33.1 Å². The Kier molecular flexibility index (Phi) is 3.21. The first-order chi connectivity index (χ1) is 9.08. The molecule has 1 aromatic rings. The Labute approximate surface area is 114 Å². The van der Waals surface area contributed by atoms with Gasteiger partial charge in [-0.25, -0.2) is 4.98 Å². The second kappa shape index (κ2) is 4.75. The third-order valence-electron chi connectivity index (χ3n) is 4.93. The maximum atomic E-state index is 10.7. The van der Waals surface area contributed by atoms with Crippen LogP contribution in [0.5, 0.6) is 0 Å². The predicted molar refractivity (Wildman–Crippen MR) is 75.2 cm³/mol. The van der Waals surface area contributed by atoms with Crippen molar-refractivity contribution in [2.75, 3.05) is 18.0 Å². The lowest BCUT2D eigenvalue weighted by molar-refractivity contribution is -0.0613. The molecule has 1 aliphatic heterocycles. The summed E-state index contributed by atoms with van der Waals surface area (Å²) < 4.78 is 0. The van der Waals surface area contributed by atoms with Gasteiger partial charge in [0.15, 0.2) is 0 Å². The van der Waals surface area contributed by atoms with Gasteiger partial charge in [-0.2, -0.15) is 0 Å². The fourth-order valence-electron chi connectivity index (χ4n) is 3.46. The molecule has 0 aromatic carbocycles. The molecule has 2 heterocycles. The first-order valence-corrected chi connectivity index (χ1v) is 7.36. The molecule has 1 N–H and O–H groups in total. The van der Waals surface area contributed by atoms with E-state index < -0.39 is 5.60 Å². The van der Waals surface area contributed by atoms with Crippen LogP contribution in [0.2, 0.25) is 0 Å². The number of hydrogen-bond donors (Lipinski definition) is 1. The van der Waals surface area contributed by atoms with Gasteiger partial charge in [0.25, 0.3) is 0 Å². The van der Waals surface area contributed by atoms with Crippen molar-refractivity contribution in [3.05, 3.63) is 17.6 Å². The van der Waals surface area contributed by atoms with E-state index in [1.54, 1.807) is 0 Å². The van der Waals surface area contributed by atoms with Crippen LogP contribution in [0, 0.1) is 19.8 Å². The van der Waals surface area contributed by atoms with E-state index in [1.165, 1.54) is 12.8 Å². The van der Waals surface area contributed by atoms with Crippen molar-refractivity contribution >= 4 is 5.82 Å². The van der Waals surface area contributed by atoms with Gasteiger partial charge in [0, 0.05) is 19.0 Å². The highest BCUT2D eigenvalue weighted by molar-refractivity contribution is 5.38. The molecule has 2 fully saturated rings. The molecule has 4 heteroatoms. The highest BCUT2D eigenvalue weighted by atomic mass is 16.3. The lowest BCUT2D eigenvalue weighted by Crippen LogP contribution is -2.53. The van der Waals surface area contributed by atoms with E-state index in [0.29, 0.717) is 5.92 Å². The average molecular weight is 261 g/mol. The summed E-state index contributed by atoms with van der Waals surface area (Å²) in [7, 11) is 0. The minimum atomic E-state index is -0.415. The zero-order valence-corrected chi connectivity index (χ0v) is 11.9. The van der Waals surface area contributed by atoms with Crippen LogP contribution in [0.3, 0.4) is 0 Å². The molecule has 0 bridgehead atoms. The molecular weight excluding hydrogens is 238 g/mol. The Balaban J connectivity index is 1.78. The zero-order chi connectivity index (χ0) is 13.5. The molecule has 3 rings (SSSR count). The van der Waals surface area contributed by atoms with Crippen molar-refractivity contribution < 1.29 is 5.11 Å². The summed E-state index contributed by atoms with van der Waals surface area (Å²) in [6, 6.07) is 0. The van der Waals surface area contributed by atoms with Crippen molar-refractivity contribution in [3.63, 3.8) is 0 Å². The quantitative estimate of drug-likeness (QED) is 0.842. The molecule has 1 aromatic heterocycles. The van der Waals surface area contributed by atoms with E-state index in [-0.39, 0.29) is 0 Å². The van der Waals surface area contributed by atoms with Crippen LogP contribution in [0.25, 0.3) is 0 Å². The molecule has 1 aliphatic carbocycles. The van der Waals surface area contributed by atoms with Gasteiger partial charge in [0.05, 0.1) is 23.2 Å². The van der Waals surface area contributed by atoms with Crippen molar-refractivity contribution in [3.8, 4) is 0 Å². The molecule has 0 amide bonds. The largest absolute Gasteiger partial charge is 0.389 e. The van der Waals surface area contributed by atoms with Gasteiger partial charge < -0.3 is 10.0 Å². The topological polar surface area (TPSA) is 49.2 Å². The van der Waals surface area contributed by atoms with Crippen LogP contribution >= 0.6 is 0 Å².